The van der Waals surface area contributed by atoms with E-state index in [1.807, 2.05) is 12.1 Å². The van der Waals surface area contributed by atoms with Crippen LogP contribution in [0.1, 0.15) is 5.56 Å². The van der Waals surface area contributed by atoms with Crippen LogP contribution in [-0.4, -0.2) is 25.1 Å². The molecule has 0 bridgehead atoms. The Labute approximate surface area is 92.0 Å². The number of nitrogens with one attached hydrogen (secondary N) is 1. The lowest BCUT2D eigenvalue weighted by molar-refractivity contribution is -0.115. The Morgan fingerprint density at radius 1 is 1.31 bits per heavy atom. The van der Waals surface area contributed by atoms with Crippen LogP contribution >= 0.6 is 0 Å². The summed E-state index contributed by atoms with van der Waals surface area (Å²) in [6.07, 6.45) is 0.826. The number of hydrogen-bond donors (Lipinski definition) is 1. The molecule has 2 aliphatic rings. The number of nitrogens with zero attached hydrogens (tertiary/aromatic N) is 1. The number of hydrogen-bond acceptors (Lipinski definition) is 3. The van der Waals surface area contributed by atoms with Crippen molar-refractivity contribution in [3.05, 3.63) is 23.8 Å². The van der Waals surface area contributed by atoms with Crippen LogP contribution in [-0.2, 0) is 11.2 Å². The molecule has 82 valence electrons. The highest BCUT2D eigenvalue weighted by Gasteiger charge is 2.33. The van der Waals surface area contributed by atoms with Gasteiger partial charge in [-0.15, -0.1) is 0 Å². The molecule has 2 aliphatic heterocycles. The summed E-state index contributed by atoms with van der Waals surface area (Å²) in [6, 6.07) is 5.13. The number of para-hydroxylation sites is 1. The molecule has 1 fully saturated rings. The third-order valence-corrected chi connectivity index (χ3v) is 2.78. The second kappa shape index (κ2) is 3.23. The molecule has 0 aromatic heterocycles. The minimum Gasteiger partial charge on any atom is -0.491 e. The molecular weight excluding hydrogens is 208 g/mol. The minimum atomic E-state index is -0.381. The first kappa shape index (κ1) is 9.21. The van der Waals surface area contributed by atoms with E-state index in [0.717, 1.165) is 16.9 Å². The van der Waals surface area contributed by atoms with Gasteiger partial charge in [0.2, 0.25) is 0 Å². The fourth-order valence-electron chi connectivity index (χ4n) is 2.04. The van der Waals surface area contributed by atoms with Crippen molar-refractivity contribution in [2.24, 2.45) is 0 Å². The van der Waals surface area contributed by atoms with Crippen LogP contribution in [0.15, 0.2) is 18.2 Å². The summed E-state index contributed by atoms with van der Waals surface area (Å²) in [6.45, 7) is 0.665. The number of carbonyl (C=O) groups excluding carboxylic acids is 2. The normalized spacial score (nSPS) is 18.4. The van der Waals surface area contributed by atoms with E-state index in [0.29, 0.717) is 18.0 Å². The molecule has 16 heavy (non-hydrogen) atoms. The van der Waals surface area contributed by atoms with Gasteiger partial charge in [0.15, 0.2) is 0 Å². The summed E-state index contributed by atoms with van der Waals surface area (Å²) in [7, 11) is 0. The molecule has 1 aromatic carbocycles. The van der Waals surface area contributed by atoms with Gasteiger partial charge in [0, 0.05) is 6.42 Å². The lowest BCUT2D eigenvalue weighted by atomic mass is 10.1. The maximum atomic E-state index is 11.6. The summed E-state index contributed by atoms with van der Waals surface area (Å²) >= 11 is 0. The van der Waals surface area contributed by atoms with E-state index in [4.69, 9.17) is 4.74 Å². The smallest absolute Gasteiger partial charge is 0.329 e. The third-order valence-electron chi connectivity index (χ3n) is 2.78. The molecular formula is C11H10N2O3. The number of fused-ring (bicyclic) bond motifs is 1. The van der Waals surface area contributed by atoms with Crippen LogP contribution in [0.3, 0.4) is 0 Å². The van der Waals surface area contributed by atoms with Gasteiger partial charge in [0.25, 0.3) is 5.91 Å². The summed E-state index contributed by atoms with van der Waals surface area (Å²) in [5.74, 6) is 0.418. The van der Waals surface area contributed by atoms with Crippen molar-refractivity contribution < 1.29 is 14.3 Å². The van der Waals surface area contributed by atoms with Gasteiger partial charge in [0.1, 0.15) is 5.75 Å². The second-order valence-corrected chi connectivity index (χ2v) is 3.75. The highest BCUT2D eigenvalue weighted by molar-refractivity contribution is 6.20. The lowest BCUT2D eigenvalue weighted by Crippen LogP contribution is -2.30. The topological polar surface area (TPSA) is 58.6 Å². The first-order valence-electron chi connectivity index (χ1n) is 5.13. The van der Waals surface area contributed by atoms with Gasteiger partial charge in [-0.1, -0.05) is 12.1 Å². The number of urea groups is 1. The number of ether oxygens (including phenoxy) is 1. The van der Waals surface area contributed by atoms with Gasteiger partial charge in [-0.05, 0) is 11.6 Å². The van der Waals surface area contributed by atoms with Gasteiger partial charge < -0.3 is 10.1 Å². The first-order chi connectivity index (χ1) is 7.77. The van der Waals surface area contributed by atoms with Gasteiger partial charge in [0.05, 0.1) is 18.8 Å². The van der Waals surface area contributed by atoms with Gasteiger partial charge >= 0.3 is 6.03 Å². The van der Waals surface area contributed by atoms with Crippen molar-refractivity contribution in [3.63, 3.8) is 0 Å². The molecule has 3 rings (SSSR count). The molecule has 5 nitrogen and oxygen atoms in total. The van der Waals surface area contributed by atoms with E-state index in [-0.39, 0.29) is 18.5 Å². The highest BCUT2D eigenvalue weighted by atomic mass is 16.5. The quantitative estimate of drug-likeness (QED) is 0.705. The molecule has 1 aromatic rings. The highest BCUT2D eigenvalue weighted by Crippen LogP contribution is 2.36. The Kier molecular flexibility index (Phi) is 1.86. The summed E-state index contributed by atoms with van der Waals surface area (Å²) < 4.78 is 5.46. The Balaban J connectivity index is 2.10. The van der Waals surface area contributed by atoms with Crippen LogP contribution in [0.5, 0.6) is 5.75 Å². The van der Waals surface area contributed by atoms with Gasteiger partial charge in [-0.25, -0.2) is 9.69 Å². The number of benzene rings is 1. The zero-order valence-corrected chi connectivity index (χ0v) is 8.53. The molecule has 1 N–H and O–H groups in total. The fraction of sp³-hybridized carbons (Fsp3) is 0.273. The number of rotatable bonds is 1. The molecule has 2 heterocycles. The molecule has 1 saturated heterocycles. The number of amides is 3. The molecule has 0 atom stereocenters. The molecule has 0 spiro atoms. The van der Waals surface area contributed by atoms with Crippen molar-refractivity contribution in [2.75, 3.05) is 18.1 Å². The zero-order valence-electron chi connectivity index (χ0n) is 8.53. The van der Waals surface area contributed by atoms with E-state index in [1.165, 1.54) is 0 Å². The monoisotopic (exact) mass is 218 g/mol. The maximum absolute atomic E-state index is 11.6. The Morgan fingerprint density at radius 3 is 2.94 bits per heavy atom. The van der Waals surface area contributed by atoms with Crippen LogP contribution in [0.25, 0.3) is 0 Å². The third kappa shape index (κ3) is 1.18. The number of imide groups is 1. The zero-order chi connectivity index (χ0) is 11.1. The predicted molar refractivity (Wildman–Crippen MR) is 56.5 cm³/mol. The molecule has 0 unspecified atom stereocenters. The largest absolute Gasteiger partial charge is 0.491 e. The second-order valence-electron chi connectivity index (χ2n) is 3.75. The van der Waals surface area contributed by atoms with Crippen LogP contribution in [0.4, 0.5) is 10.5 Å². The average Bonchev–Trinajstić information content (AvgIpc) is 2.86. The van der Waals surface area contributed by atoms with Gasteiger partial charge in [-0.3, -0.25) is 4.79 Å². The summed E-state index contributed by atoms with van der Waals surface area (Å²) in [5.41, 5.74) is 1.60. The van der Waals surface area contributed by atoms with Crippen molar-refractivity contribution in [1.29, 1.82) is 0 Å². The Bertz CT molecular complexity index is 468. The molecule has 0 saturated carbocycles. The molecule has 3 amide bonds. The Morgan fingerprint density at radius 2 is 2.19 bits per heavy atom. The van der Waals surface area contributed by atoms with E-state index in [9.17, 15) is 9.59 Å². The van der Waals surface area contributed by atoms with Crippen LogP contribution in [0.2, 0.25) is 0 Å². The number of anilines is 1. The van der Waals surface area contributed by atoms with E-state index in [2.05, 4.69) is 5.32 Å². The number of carbonyl (C=O) groups is 2. The van der Waals surface area contributed by atoms with E-state index >= 15 is 0 Å². The Hall–Kier alpha value is -2.04. The minimum absolute atomic E-state index is 0.0580. The molecule has 5 heteroatoms. The molecule has 0 aliphatic carbocycles. The lowest BCUT2D eigenvalue weighted by Gasteiger charge is -2.15. The standard InChI is InChI=1S/C11H10N2O3/c14-9-6-12-11(15)13(9)8-3-1-2-7-4-5-16-10(7)8/h1-3H,4-6H2,(H,12,15). The van der Waals surface area contributed by atoms with E-state index in [1.54, 1.807) is 6.07 Å². The van der Waals surface area contributed by atoms with Crippen molar-refractivity contribution in [3.8, 4) is 5.75 Å². The fourth-order valence-corrected chi connectivity index (χ4v) is 2.04. The summed E-state index contributed by atoms with van der Waals surface area (Å²) in [4.78, 5) is 24.2. The van der Waals surface area contributed by atoms with Crippen molar-refractivity contribution in [2.45, 2.75) is 6.42 Å². The summed E-state index contributed by atoms with van der Waals surface area (Å²) in [5, 5.41) is 2.49. The van der Waals surface area contributed by atoms with Crippen LogP contribution in [0, 0.1) is 0 Å². The van der Waals surface area contributed by atoms with Crippen LogP contribution < -0.4 is 15.0 Å². The predicted octanol–water partition coefficient (Wildman–Crippen LogP) is 0.678. The SMILES string of the molecule is O=C1CNC(=O)N1c1cccc2c1OCC2. The average molecular weight is 218 g/mol. The van der Waals surface area contributed by atoms with Crippen molar-refractivity contribution in [1.82, 2.24) is 5.32 Å². The maximum Gasteiger partial charge on any atom is 0.329 e. The molecule has 0 radical (unpaired) electrons. The van der Waals surface area contributed by atoms with E-state index < -0.39 is 0 Å². The first-order valence-corrected chi connectivity index (χ1v) is 5.13. The van der Waals surface area contributed by atoms with Gasteiger partial charge in [-0.2, -0.15) is 0 Å². The van der Waals surface area contributed by atoms with Crippen molar-refractivity contribution >= 4 is 17.6 Å².